The van der Waals surface area contributed by atoms with Crippen molar-refractivity contribution < 1.29 is 9.72 Å². The van der Waals surface area contributed by atoms with E-state index in [1.807, 2.05) is 6.07 Å². The van der Waals surface area contributed by atoms with Crippen LogP contribution in [0, 0.1) is 17.0 Å². The summed E-state index contributed by atoms with van der Waals surface area (Å²) in [6.45, 7) is 2.82. The number of rotatable bonds is 3. The van der Waals surface area contributed by atoms with Crippen LogP contribution in [0.4, 0.5) is 5.69 Å². The van der Waals surface area contributed by atoms with Gasteiger partial charge < -0.3 is 4.90 Å². The second-order valence-electron chi connectivity index (χ2n) is 5.83. The Balaban J connectivity index is 1.86. The van der Waals surface area contributed by atoms with E-state index in [0.717, 1.165) is 18.5 Å². The summed E-state index contributed by atoms with van der Waals surface area (Å²) in [5.41, 5.74) is 1.57. The van der Waals surface area contributed by atoms with Crippen LogP contribution in [-0.2, 0) is 0 Å². The van der Waals surface area contributed by atoms with Crippen LogP contribution in [-0.4, -0.2) is 39.0 Å². The van der Waals surface area contributed by atoms with Crippen molar-refractivity contribution >= 4 is 11.6 Å². The average molecular weight is 314 g/mol. The normalized spacial score (nSPS) is 18.0. The van der Waals surface area contributed by atoms with Gasteiger partial charge in [0.15, 0.2) is 0 Å². The molecule has 2 heterocycles. The number of nitro groups is 1. The number of carbonyl (C=O) groups excluding carboxylic acids is 1. The molecule has 1 amide bonds. The summed E-state index contributed by atoms with van der Waals surface area (Å²) in [6.07, 6.45) is 3.54. The van der Waals surface area contributed by atoms with Gasteiger partial charge in [0.25, 0.3) is 11.6 Å². The molecule has 0 bridgehead atoms. The van der Waals surface area contributed by atoms with Crippen LogP contribution in [0.15, 0.2) is 30.5 Å². The third-order valence-electron chi connectivity index (χ3n) is 4.32. The number of nitrogens with zero attached hydrogens (tertiary/aromatic N) is 3. The highest BCUT2D eigenvalue weighted by molar-refractivity contribution is 5.98. The number of aryl methyl sites for hydroxylation is 1. The van der Waals surface area contributed by atoms with Gasteiger partial charge >= 0.3 is 0 Å². The van der Waals surface area contributed by atoms with Crippen molar-refractivity contribution in [2.45, 2.75) is 25.7 Å². The summed E-state index contributed by atoms with van der Waals surface area (Å²) in [6, 6.07) is 6.78. The third kappa shape index (κ3) is 2.94. The molecular formula is C16H18N4O3. The molecule has 1 N–H and O–H groups in total. The number of amides is 1. The number of hydrogen-bond acceptors (Lipinski definition) is 4. The topological polar surface area (TPSA) is 92.1 Å². The number of carbonyl (C=O) groups is 1. The molecule has 0 radical (unpaired) electrons. The molecule has 120 valence electrons. The number of para-hydroxylation sites is 1. The van der Waals surface area contributed by atoms with Gasteiger partial charge in [-0.25, -0.2) is 0 Å². The second kappa shape index (κ2) is 6.20. The Morgan fingerprint density at radius 3 is 2.96 bits per heavy atom. The highest BCUT2D eigenvalue weighted by Gasteiger charge is 2.30. The molecule has 7 nitrogen and oxygen atoms in total. The Labute approximate surface area is 133 Å². The van der Waals surface area contributed by atoms with Crippen molar-refractivity contribution in [1.29, 1.82) is 0 Å². The first-order valence-electron chi connectivity index (χ1n) is 7.60. The van der Waals surface area contributed by atoms with Gasteiger partial charge in [0, 0.05) is 36.5 Å². The van der Waals surface area contributed by atoms with Crippen LogP contribution in [0.2, 0.25) is 0 Å². The molecule has 0 saturated carbocycles. The molecule has 0 aliphatic carbocycles. The zero-order chi connectivity index (χ0) is 16.4. The van der Waals surface area contributed by atoms with Gasteiger partial charge in [0.2, 0.25) is 0 Å². The maximum Gasteiger partial charge on any atom is 0.285 e. The molecule has 1 atom stereocenters. The van der Waals surface area contributed by atoms with Crippen LogP contribution in [0.1, 0.15) is 40.4 Å². The van der Waals surface area contributed by atoms with E-state index in [2.05, 4.69) is 10.2 Å². The fourth-order valence-electron chi connectivity index (χ4n) is 3.15. The number of hydrogen-bond donors (Lipinski definition) is 1. The summed E-state index contributed by atoms with van der Waals surface area (Å²) in [5, 5.41) is 18.2. The van der Waals surface area contributed by atoms with E-state index in [4.69, 9.17) is 0 Å². The lowest BCUT2D eigenvalue weighted by molar-refractivity contribution is -0.385. The van der Waals surface area contributed by atoms with Crippen molar-refractivity contribution in [3.8, 4) is 0 Å². The molecule has 1 fully saturated rings. The van der Waals surface area contributed by atoms with Crippen molar-refractivity contribution in [2.24, 2.45) is 0 Å². The number of aromatic nitrogens is 2. The molecule has 23 heavy (non-hydrogen) atoms. The van der Waals surface area contributed by atoms with Gasteiger partial charge in [0.05, 0.1) is 4.92 Å². The fraction of sp³-hybridized carbons (Fsp3) is 0.375. The van der Waals surface area contributed by atoms with E-state index in [9.17, 15) is 14.9 Å². The Bertz CT molecular complexity index is 727. The van der Waals surface area contributed by atoms with Crippen LogP contribution in [0.25, 0.3) is 0 Å². The number of nitrogens with one attached hydrogen (secondary N) is 1. The first-order chi connectivity index (χ1) is 11.1. The number of likely N-dealkylation sites (tertiary alicyclic amines) is 1. The monoisotopic (exact) mass is 314 g/mol. The van der Waals surface area contributed by atoms with Gasteiger partial charge in [-0.05, 0) is 31.9 Å². The zero-order valence-electron chi connectivity index (χ0n) is 12.9. The highest BCUT2D eigenvalue weighted by atomic mass is 16.6. The minimum atomic E-state index is -0.473. The van der Waals surface area contributed by atoms with E-state index >= 15 is 0 Å². The van der Waals surface area contributed by atoms with Crippen molar-refractivity contribution in [1.82, 2.24) is 15.1 Å². The quantitative estimate of drug-likeness (QED) is 0.696. The molecule has 0 spiro atoms. The number of nitro benzene ring substituents is 1. The smallest absolute Gasteiger partial charge is 0.285 e. The summed E-state index contributed by atoms with van der Waals surface area (Å²) >= 11 is 0. The van der Waals surface area contributed by atoms with E-state index in [-0.39, 0.29) is 23.1 Å². The standard InChI is InChI=1S/C16H18N4O3/c1-11-4-2-6-13(15(11)20(22)23)16(21)19-9-3-5-12(10-19)14-7-8-17-18-14/h2,4,6-8,12H,3,5,9-10H2,1H3,(H,17,18). The number of benzene rings is 1. The Hall–Kier alpha value is -2.70. The van der Waals surface area contributed by atoms with E-state index in [1.54, 1.807) is 30.2 Å². The molecule has 2 aromatic rings. The molecule has 1 saturated heterocycles. The lowest BCUT2D eigenvalue weighted by atomic mass is 9.94. The zero-order valence-corrected chi connectivity index (χ0v) is 12.9. The predicted molar refractivity (Wildman–Crippen MR) is 84.3 cm³/mol. The Morgan fingerprint density at radius 1 is 1.43 bits per heavy atom. The van der Waals surface area contributed by atoms with Crippen molar-refractivity contribution in [3.63, 3.8) is 0 Å². The minimum Gasteiger partial charge on any atom is -0.338 e. The van der Waals surface area contributed by atoms with Gasteiger partial charge in [0.1, 0.15) is 5.56 Å². The number of piperidine rings is 1. The second-order valence-corrected chi connectivity index (χ2v) is 5.83. The highest BCUT2D eigenvalue weighted by Crippen LogP contribution is 2.29. The molecular weight excluding hydrogens is 296 g/mol. The minimum absolute atomic E-state index is 0.0961. The Kier molecular flexibility index (Phi) is 4.10. The summed E-state index contributed by atoms with van der Waals surface area (Å²) in [5.74, 6) is -0.0799. The number of H-pyrrole nitrogens is 1. The van der Waals surface area contributed by atoms with Gasteiger partial charge in [-0.3, -0.25) is 20.0 Å². The van der Waals surface area contributed by atoms with E-state index in [0.29, 0.717) is 18.7 Å². The maximum atomic E-state index is 12.8. The fourth-order valence-corrected chi connectivity index (χ4v) is 3.15. The molecule has 1 aromatic heterocycles. The maximum absolute atomic E-state index is 12.8. The van der Waals surface area contributed by atoms with Crippen LogP contribution in [0.3, 0.4) is 0 Å². The molecule has 1 aromatic carbocycles. The summed E-state index contributed by atoms with van der Waals surface area (Å²) < 4.78 is 0. The van der Waals surface area contributed by atoms with Gasteiger partial charge in [-0.2, -0.15) is 5.10 Å². The largest absolute Gasteiger partial charge is 0.338 e. The van der Waals surface area contributed by atoms with Crippen LogP contribution < -0.4 is 0 Å². The lowest BCUT2D eigenvalue weighted by Crippen LogP contribution is -2.39. The third-order valence-corrected chi connectivity index (χ3v) is 4.32. The Morgan fingerprint density at radius 2 is 2.26 bits per heavy atom. The van der Waals surface area contributed by atoms with E-state index < -0.39 is 4.92 Å². The molecule has 1 aliphatic rings. The first-order valence-corrected chi connectivity index (χ1v) is 7.60. The van der Waals surface area contributed by atoms with Crippen LogP contribution >= 0.6 is 0 Å². The molecule has 1 aliphatic heterocycles. The predicted octanol–water partition coefficient (Wildman–Crippen LogP) is 2.65. The molecule has 1 unspecified atom stereocenters. The average Bonchev–Trinajstić information content (AvgIpc) is 3.08. The van der Waals surface area contributed by atoms with Crippen molar-refractivity contribution in [3.05, 3.63) is 57.4 Å². The van der Waals surface area contributed by atoms with Crippen molar-refractivity contribution in [2.75, 3.05) is 13.1 Å². The van der Waals surface area contributed by atoms with E-state index in [1.165, 1.54) is 6.07 Å². The summed E-state index contributed by atoms with van der Waals surface area (Å²) in [4.78, 5) is 25.3. The lowest BCUT2D eigenvalue weighted by Gasteiger charge is -2.32. The van der Waals surface area contributed by atoms with Gasteiger partial charge in [-0.15, -0.1) is 0 Å². The van der Waals surface area contributed by atoms with Crippen LogP contribution in [0.5, 0.6) is 0 Å². The number of aromatic amines is 1. The summed E-state index contributed by atoms with van der Waals surface area (Å²) in [7, 11) is 0. The van der Waals surface area contributed by atoms with Gasteiger partial charge in [-0.1, -0.05) is 12.1 Å². The molecule has 3 rings (SSSR count). The SMILES string of the molecule is Cc1cccc(C(=O)N2CCCC(c3ccn[nH]3)C2)c1[N+](=O)[O-]. The molecule has 7 heteroatoms. The first kappa shape index (κ1) is 15.2.